The van der Waals surface area contributed by atoms with Gasteiger partial charge in [0, 0.05) is 161 Å². The molecule has 0 amide bonds. The predicted octanol–water partition coefficient (Wildman–Crippen LogP) is 18.3. The van der Waals surface area contributed by atoms with Gasteiger partial charge in [-0.15, -0.1) is 74.4 Å². The van der Waals surface area contributed by atoms with Crippen molar-refractivity contribution in [3.05, 3.63) is 341 Å². The number of nitrogens with zero attached hydrogens (tertiary/aromatic N) is 24. The Bertz CT molecular complexity index is 7740. The molecule has 37 nitrogen and oxygen atoms in total. The van der Waals surface area contributed by atoms with Gasteiger partial charge in [0.1, 0.15) is 64.0 Å². The van der Waals surface area contributed by atoms with Crippen LogP contribution in [0.15, 0.2) is 290 Å². The second kappa shape index (κ2) is 52.0. The molecule has 0 radical (unpaired) electrons. The van der Waals surface area contributed by atoms with Crippen LogP contribution in [0.2, 0.25) is 5.02 Å². The van der Waals surface area contributed by atoms with Crippen molar-refractivity contribution in [2.45, 2.75) is 75.8 Å². The van der Waals surface area contributed by atoms with Gasteiger partial charge in [-0.2, -0.15) is 49.5 Å². The first-order valence-electron chi connectivity index (χ1n) is 44.6. The Morgan fingerprint density at radius 3 is 1.21 bits per heavy atom. The Kier molecular flexibility index (Phi) is 40.2. The van der Waals surface area contributed by atoms with E-state index >= 15 is 0 Å². The van der Waals surface area contributed by atoms with Crippen LogP contribution < -0.4 is 80.4 Å². The van der Waals surface area contributed by atoms with Crippen molar-refractivity contribution >= 4 is 257 Å². The highest BCUT2D eigenvalue weighted by molar-refractivity contribution is 9.10. The second-order valence-electron chi connectivity index (χ2n) is 33.0. The highest BCUT2D eigenvalue weighted by Gasteiger charge is 2.33. The number of anilines is 20. The largest absolute Gasteiger partial charge is 0.373 e. The number of nitrogen functional groups attached to an aromatic ring is 8. The van der Waals surface area contributed by atoms with E-state index in [-0.39, 0.29) is 139 Å². The molecule has 6 aliphatic heterocycles. The number of para-hydroxylation sites is 2. The Hall–Kier alpha value is -15.7. The lowest BCUT2D eigenvalue weighted by molar-refractivity contribution is -0.191. The third kappa shape index (κ3) is 28.0. The number of hydrogen-bond acceptors (Lipinski definition) is 34. The van der Waals surface area contributed by atoms with Gasteiger partial charge in [-0.3, -0.25) is 0 Å². The van der Waals surface area contributed by atoms with Crippen LogP contribution in [0.25, 0.3) is 33.4 Å². The lowest BCUT2D eigenvalue weighted by Crippen LogP contribution is -2.25. The van der Waals surface area contributed by atoms with E-state index in [2.05, 4.69) is 185 Å². The van der Waals surface area contributed by atoms with Gasteiger partial charge in [0.05, 0.1) is 15.9 Å². The van der Waals surface area contributed by atoms with Crippen molar-refractivity contribution in [3.63, 3.8) is 0 Å². The van der Waals surface area contributed by atoms with E-state index in [0.717, 1.165) is 152 Å². The molecule has 149 heavy (non-hydrogen) atoms. The zero-order valence-electron chi connectivity index (χ0n) is 79.5. The third-order valence-corrected chi connectivity index (χ3v) is 25.2. The van der Waals surface area contributed by atoms with Crippen LogP contribution >= 0.6 is 102 Å². The number of sulfonamides is 1. The average molecular weight is 2250 g/mol. The number of primary sulfonamides is 1. The first-order chi connectivity index (χ1) is 69.0. The summed E-state index contributed by atoms with van der Waals surface area (Å²) in [6.45, 7) is 9.85. The van der Waals surface area contributed by atoms with Crippen molar-refractivity contribution in [2.75, 3.05) is 101 Å². The number of nitrogens with two attached hydrogens (primary N) is 9. The molecule has 16 heterocycles. The van der Waals surface area contributed by atoms with E-state index in [0.29, 0.717) is 53.8 Å². The summed E-state index contributed by atoms with van der Waals surface area (Å²) >= 11 is 9.48. The lowest BCUT2D eigenvalue weighted by atomic mass is 10.0. The Balaban J connectivity index is 0.000000172. The molecule has 6 aliphatic rings. The maximum atomic E-state index is 13.2. The van der Waals surface area contributed by atoms with Gasteiger partial charge in [0.2, 0.25) is 57.6 Å². The summed E-state index contributed by atoms with van der Waals surface area (Å²) in [7, 11) is -3.68. The molecule has 3 atom stereocenters. The van der Waals surface area contributed by atoms with Gasteiger partial charge in [-0.25, -0.2) is 66.6 Å². The molecule has 0 saturated carbocycles. The molecule has 3 unspecified atom stereocenters. The molecule has 772 valence electrons. The maximum Gasteiger partial charge on any atom is 0.373 e. The second-order valence-corrected chi connectivity index (χ2v) is 35.9. The van der Waals surface area contributed by atoms with Crippen molar-refractivity contribution in [1.82, 2.24) is 88.9 Å². The Morgan fingerprint density at radius 1 is 0.349 bits per heavy atom. The van der Waals surface area contributed by atoms with Crippen molar-refractivity contribution < 1.29 is 31.2 Å². The summed E-state index contributed by atoms with van der Waals surface area (Å²) < 4.78 is 67.2. The van der Waals surface area contributed by atoms with E-state index < -0.39 is 10.0 Å². The van der Waals surface area contributed by atoms with Gasteiger partial charge in [-0.05, 0) is 255 Å². The summed E-state index contributed by atoms with van der Waals surface area (Å²) in [5, 5.41) is 8.00. The van der Waals surface area contributed by atoms with Crippen molar-refractivity contribution in [1.29, 1.82) is 0 Å². The highest BCUT2D eigenvalue weighted by atomic mass is 79.9. The molecular weight excluding hydrogens is 2140 g/mol. The van der Waals surface area contributed by atoms with E-state index in [1.165, 1.54) is 64.5 Å². The van der Waals surface area contributed by atoms with Crippen LogP contribution in [0.5, 0.6) is 0 Å². The lowest BCUT2D eigenvalue weighted by Gasteiger charge is -2.23. The topological polar surface area (TPSA) is 538 Å². The van der Waals surface area contributed by atoms with E-state index in [1.54, 1.807) is 103 Å². The number of rotatable bonds is 9. The minimum Gasteiger partial charge on any atom is -0.368 e. The van der Waals surface area contributed by atoms with Crippen LogP contribution in [0.1, 0.15) is 60.1 Å². The van der Waals surface area contributed by atoms with Crippen LogP contribution in [-0.2, 0) is 51.7 Å². The molecule has 0 aliphatic carbocycles. The zero-order valence-corrected chi connectivity index (χ0v) is 87.5. The monoisotopic (exact) mass is 2240 g/mol. The van der Waals surface area contributed by atoms with Gasteiger partial charge >= 0.3 is 6.15 Å². The molecule has 0 fully saturated rings. The fraction of sp³-hybridized carbons (Fsp3) is 0.150. The van der Waals surface area contributed by atoms with Gasteiger partial charge in [-0.1, -0.05) is 76.9 Å². The quantitative estimate of drug-likeness (QED) is 0.0648. The normalized spacial score (nSPS) is 13.9. The van der Waals surface area contributed by atoms with Gasteiger partial charge in [0.15, 0.2) is 0 Å². The minimum atomic E-state index is -3.68. The summed E-state index contributed by atoms with van der Waals surface area (Å²) in [6, 6.07) is 67.0. The average Bonchev–Trinajstić information content (AvgIpc) is 1.63. The Labute approximate surface area is 904 Å². The summed E-state index contributed by atoms with van der Waals surface area (Å²) in [6.07, 6.45) is 21.6. The van der Waals surface area contributed by atoms with Crippen LogP contribution in [-0.4, -0.2) is 142 Å². The van der Waals surface area contributed by atoms with Crippen molar-refractivity contribution in [2.24, 2.45) is 5.14 Å². The number of fused-ring (bicyclic) bond motifs is 8. The standard InChI is InChI=1S/C13H13ClN4.C13H13FN4.C13H14N4.C12H9BrN4.C12H11FN4.C12H9FN4.C12H13N5O2S.C12H12N4.CO2.6ClH/c2*1-8-6-9-7-10(14)2-3-11(9)18(8)12-4-5-16-13(15)17-12;1-9-8-17(11-5-3-2-4-10(9)11)12-6-7-15-13(14)16-12;13-9-1-2-10-8(7-9)4-6-17(10)11-3-5-15-12(14)16-11;2*13-9-2-1-8-4-6-17(10(8)7-9)11-3-5-15-12(14)16-11;13-12-15-5-3-11(16-12)17-6-4-8-7-9(20(14,18)19)1-2-10(8)17;13-12-14-7-5-11(15-12)16-8-6-9-3-1-2-4-10(9)16;2-1-3;;;;;;/h2*2-5,7-8H,6H2,1H3,(H2,15,16,17);2-7,9H,8H2,1H3,(H2,14,15,16);1-7H,(H2,14,15,16);1-3,5,7H,4,6H2,(H2,14,15,16);1-7H,(H2,14,15,16);1-3,5,7H,4,6H2,(H2,13,15,16)(H2,14,18,19);1-5,7H,6,8H2,(H2,13,14,15);;6*1H. The van der Waals surface area contributed by atoms with Gasteiger partial charge < -0.3 is 84.4 Å². The Morgan fingerprint density at radius 2 is 0.718 bits per heavy atom. The zero-order chi connectivity index (χ0) is 101. The van der Waals surface area contributed by atoms with Crippen molar-refractivity contribution in [3.8, 4) is 11.6 Å². The highest BCUT2D eigenvalue weighted by Crippen LogP contribution is 2.44. The molecular formula is C100H100BrCl7F3N33O4S. The van der Waals surface area contributed by atoms with Crippen LogP contribution in [0.4, 0.5) is 130 Å². The summed E-state index contributed by atoms with van der Waals surface area (Å²) in [4.78, 5) is 93.6. The fourth-order valence-corrected chi connectivity index (χ4v) is 18.5. The SMILES string of the molecule is CC1CN(c2ccnc(N)n2)c2ccccc21.CC1Cc2cc(Cl)ccc2N1c1ccnc(N)n1.CC1Cc2cc(F)ccc2N1c1ccnc(N)n1.Cl.Cl.Cl.Cl.Cl.Cl.Nc1nccc(-n2ccc3cc(Br)ccc32)n1.Nc1nccc(-n2ccc3ccc(F)cc32)n1.Nc1nccc(N2CCc3cc(S(N)(=O)=O)ccc32)n1.Nc1nccc(N2CCc3ccc(F)cc32)n1.Nc1nccc(N2CCc3ccccc32)n1.O=C=O. The molecule has 24 rings (SSSR count). The first-order valence-corrected chi connectivity index (χ1v) is 47.3. The number of halogens is 11. The van der Waals surface area contributed by atoms with Gasteiger partial charge in [0.25, 0.3) is 0 Å². The molecule has 10 aromatic heterocycles. The number of carbonyl (C=O) groups excluding carboxylic acids is 2. The smallest absolute Gasteiger partial charge is 0.368 e. The first kappa shape index (κ1) is 115. The van der Waals surface area contributed by atoms with E-state index in [1.807, 2.05) is 112 Å². The number of aromatic nitrogens is 18. The van der Waals surface area contributed by atoms with Crippen LogP contribution in [0.3, 0.4) is 0 Å². The molecule has 0 spiro atoms. The number of hydrogen-bond donors (Lipinski definition) is 9. The molecule has 0 bridgehead atoms. The summed E-state index contributed by atoms with van der Waals surface area (Å²) in [5.41, 5.74) is 60.0. The molecule has 18 N–H and O–H groups in total. The minimum absolute atomic E-state index is 0. The van der Waals surface area contributed by atoms with Crippen LogP contribution in [0, 0.1) is 17.5 Å². The van der Waals surface area contributed by atoms with E-state index in [4.69, 9.17) is 72.2 Å². The maximum absolute atomic E-state index is 13.2. The molecule has 18 aromatic rings. The molecule has 0 saturated heterocycles. The van der Waals surface area contributed by atoms with E-state index in [9.17, 15) is 21.6 Å². The third-order valence-electron chi connectivity index (χ3n) is 23.5. The number of benzene rings is 8. The fourth-order valence-electron chi connectivity index (χ4n) is 17.4. The predicted molar refractivity (Wildman–Crippen MR) is 594 cm³/mol. The summed E-state index contributed by atoms with van der Waals surface area (Å²) in [5.74, 6) is 8.01. The molecule has 8 aromatic carbocycles. The molecule has 49 heteroatoms.